The number of H-pyrrole nitrogens is 2. The Bertz CT molecular complexity index is 1660. The van der Waals surface area contributed by atoms with Gasteiger partial charge >= 0.3 is 0 Å². The Hall–Kier alpha value is -4.45. The zero-order chi connectivity index (χ0) is 23.2. The van der Waals surface area contributed by atoms with Gasteiger partial charge in [-0.1, -0.05) is 36.4 Å². The summed E-state index contributed by atoms with van der Waals surface area (Å²) < 4.78 is 14.5. The fraction of sp³-hybridized carbons (Fsp3) is 0.0714. The Morgan fingerprint density at radius 1 is 0.765 bits per heavy atom. The number of rotatable bonds is 4. The number of nitrogens with zero attached hydrogens (tertiary/aromatic N) is 3. The minimum absolute atomic E-state index is 0.235. The van der Waals surface area contributed by atoms with Gasteiger partial charge in [-0.2, -0.15) is 5.10 Å². The summed E-state index contributed by atoms with van der Waals surface area (Å²) in [7, 11) is 4.01. The van der Waals surface area contributed by atoms with E-state index in [9.17, 15) is 4.39 Å². The molecule has 0 radical (unpaired) electrons. The standard InChI is InChI=1S/C28H22FN5/c1-34(2)19-12-18(15-30-16-19)17-10-11-26-23(13-17)28(33-32-26)27-14-22-20(7-5-9-25(22)31-27)21-6-3-4-8-24(21)29/h3-16,31H,1-2H3,(H,32,33). The highest BCUT2D eigenvalue weighted by molar-refractivity contribution is 6.02. The smallest absolute Gasteiger partial charge is 0.131 e. The highest BCUT2D eigenvalue weighted by Gasteiger charge is 2.15. The molecule has 0 atom stereocenters. The average Bonchev–Trinajstić information content (AvgIpc) is 3.48. The van der Waals surface area contributed by atoms with E-state index in [1.807, 2.05) is 73.9 Å². The van der Waals surface area contributed by atoms with Gasteiger partial charge in [-0.05, 0) is 47.5 Å². The molecule has 2 N–H and O–H groups in total. The second-order valence-corrected chi connectivity index (χ2v) is 8.59. The Morgan fingerprint density at radius 2 is 1.62 bits per heavy atom. The van der Waals surface area contributed by atoms with Crippen LogP contribution in [0.2, 0.25) is 0 Å². The lowest BCUT2D eigenvalue weighted by Crippen LogP contribution is -2.08. The van der Waals surface area contributed by atoms with Crippen molar-refractivity contribution in [3.8, 4) is 33.6 Å². The van der Waals surface area contributed by atoms with Gasteiger partial charge in [0.05, 0.1) is 23.1 Å². The van der Waals surface area contributed by atoms with Crippen molar-refractivity contribution in [2.75, 3.05) is 19.0 Å². The van der Waals surface area contributed by atoms with Gasteiger partial charge in [0, 0.05) is 47.7 Å². The van der Waals surface area contributed by atoms with Crippen LogP contribution in [-0.4, -0.2) is 34.3 Å². The van der Waals surface area contributed by atoms with E-state index in [4.69, 9.17) is 0 Å². The zero-order valence-electron chi connectivity index (χ0n) is 18.8. The number of halogens is 1. The molecule has 0 unspecified atom stereocenters. The number of hydrogen-bond donors (Lipinski definition) is 2. The summed E-state index contributed by atoms with van der Waals surface area (Å²) in [5.74, 6) is -0.235. The van der Waals surface area contributed by atoms with E-state index < -0.39 is 0 Å². The van der Waals surface area contributed by atoms with Gasteiger partial charge in [0.25, 0.3) is 0 Å². The number of fused-ring (bicyclic) bond motifs is 2. The van der Waals surface area contributed by atoms with Crippen molar-refractivity contribution in [1.29, 1.82) is 0 Å². The van der Waals surface area contributed by atoms with Crippen LogP contribution in [0.3, 0.4) is 0 Å². The van der Waals surface area contributed by atoms with Crippen molar-refractivity contribution in [3.05, 3.63) is 91.0 Å². The summed E-state index contributed by atoms with van der Waals surface area (Å²) in [6.45, 7) is 0. The van der Waals surface area contributed by atoms with Gasteiger partial charge in [0.15, 0.2) is 0 Å². The molecule has 0 fully saturated rings. The predicted molar refractivity (Wildman–Crippen MR) is 136 cm³/mol. The minimum Gasteiger partial charge on any atom is -0.376 e. The second-order valence-electron chi connectivity index (χ2n) is 8.59. The molecule has 3 heterocycles. The first-order chi connectivity index (χ1) is 16.6. The van der Waals surface area contributed by atoms with Crippen LogP contribution in [0.15, 0.2) is 85.2 Å². The highest BCUT2D eigenvalue weighted by Crippen LogP contribution is 2.36. The Balaban J connectivity index is 1.49. The SMILES string of the molecule is CN(C)c1cncc(-c2ccc3[nH]nc(-c4cc5c(-c6ccccc6F)cccc5[nH]4)c3c2)c1. The Kier molecular flexibility index (Phi) is 4.66. The van der Waals surface area contributed by atoms with Crippen LogP contribution in [0, 0.1) is 5.82 Å². The molecule has 3 aromatic heterocycles. The number of anilines is 1. The first kappa shape index (κ1) is 20.2. The topological polar surface area (TPSA) is 60.6 Å². The number of nitrogens with one attached hydrogen (secondary N) is 2. The van der Waals surface area contributed by atoms with Crippen LogP contribution in [0.25, 0.3) is 55.4 Å². The molecule has 0 aliphatic carbocycles. The van der Waals surface area contributed by atoms with E-state index in [0.29, 0.717) is 5.56 Å². The molecule has 0 spiro atoms. The molecule has 166 valence electrons. The highest BCUT2D eigenvalue weighted by atomic mass is 19.1. The summed E-state index contributed by atoms with van der Waals surface area (Å²) in [5, 5.41) is 9.71. The number of aromatic amines is 2. The van der Waals surface area contributed by atoms with Crippen molar-refractivity contribution < 1.29 is 4.39 Å². The Labute approximate surface area is 195 Å². The maximum Gasteiger partial charge on any atom is 0.131 e. The minimum atomic E-state index is -0.235. The number of aromatic nitrogens is 4. The fourth-order valence-electron chi connectivity index (χ4n) is 4.43. The third-order valence-electron chi connectivity index (χ3n) is 6.22. The van der Waals surface area contributed by atoms with Gasteiger partial charge in [-0.25, -0.2) is 4.39 Å². The normalized spacial score (nSPS) is 11.4. The van der Waals surface area contributed by atoms with Crippen LogP contribution >= 0.6 is 0 Å². The molecule has 0 aliphatic rings. The molecule has 6 rings (SSSR count). The van der Waals surface area contributed by atoms with Gasteiger partial charge in [0.2, 0.25) is 0 Å². The largest absolute Gasteiger partial charge is 0.376 e. The maximum atomic E-state index is 14.5. The molecule has 6 heteroatoms. The molecule has 0 aliphatic heterocycles. The molecule has 6 aromatic rings. The molecule has 0 amide bonds. The third-order valence-corrected chi connectivity index (χ3v) is 6.22. The van der Waals surface area contributed by atoms with Crippen molar-refractivity contribution in [3.63, 3.8) is 0 Å². The van der Waals surface area contributed by atoms with Crippen molar-refractivity contribution >= 4 is 27.5 Å². The van der Waals surface area contributed by atoms with Gasteiger partial charge < -0.3 is 9.88 Å². The monoisotopic (exact) mass is 447 g/mol. The zero-order valence-corrected chi connectivity index (χ0v) is 18.8. The van der Waals surface area contributed by atoms with Crippen LogP contribution in [0.1, 0.15) is 0 Å². The molecular weight excluding hydrogens is 425 g/mol. The van der Waals surface area contributed by atoms with Gasteiger partial charge in [-0.15, -0.1) is 0 Å². The van der Waals surface area contributed by atoms with Crippen molar-refractivity contribution in [2.45, 2.75) is 0 Å². The second kappa shape index (κ2) is 7.85. The Morgan fingerprint density at radius 3 is 2.47 bits per heavy atom. The number of pyridine rings is 1. The van der Waals surface area contributed by atoms with Crippen LogP contribution in [0.5, 0.6) is 0 Å². The van der Waals surface area contributed by atoms with E-state index in [1.165, 1.54) is 6.07 Å². The lowest BCUT2D eigenvalue weighted by atomic mass is 10.0. The summed E-state index contributed by atoms with van der Waals surface area (Å²) in [6.07, 6.45) is 3.72. The van der Waals surface area contributed by atoms with Crippen molar-refractivity contribution in [1.82, 2.24) is 20.2 Å². The lowest BCUT2D eigenvalue weighted by molar-refractivity contribution is 0.631. The van der Waals surface area contributed by atoms with Crippen LogP contribution in [0.4, 0.5) is 10.1 Å². The van der Waals surface area contributed by atoms with Crippen LogP contribution in [-0.2, 0) is 0 Å². The van der Waals surface area contributed by atoms with Crippen LogP contribution < -0.4 is 4.90 Å². The van der Waals surface area contributed by atoms with E-state index in [1.54, 1.807) is 6.07 Å². The van der Waals surface area contributed by atoms with Gasteiger partial charge in [0.1, 0.15) is 11.5 Å². The van der Waals surface area contributed by atoms with Crippen molar-refractivity contribution in [2.24, 2.45) is 0 Å². The summed E-state index contributed by atoms with van der Waals surface area (Å²) in [6, 6.07) is 23.2. The van der Waals surface area contributed by atoms with E-state index in [2.05, 4.69) is 38.4 Å². The number of hydrogen-bond acceptors (Lipinski definition) is 3. The summed E-state index contributed by atoms with van der Waals surface area (Å²) in [4.78, 5) is 9.92. The molecule has 34 heavy (non-hydrogen) atoms. The molecule has 0 saturated carbocycles. The first-order valence-electron chi connectivity index (χ1n) is 11.1. The van der Waals surface area contributed by atoms with E-state index in [-0.39, 0.29) is 5.82 Å². The molecule has 5 nitrogen and oxygen atoms in total. The van der Waals surface area contributed by atoms with E-state index >= 15 is 0 Å². The lowest BCUT2D eigenvalue weighted by Gasteiger charge is -2.13. The third kappa shape index (κ3) is 3.31. The first-order valence-corrected chi connectivity index (χ1v) is 11.1. The average molecular weight is 448 g/mol. The molecular formula is C28H22FN5. The predicted octanol–water partition coefficient (Wildman–Crippen LogP) is 6.65. The maximum absolute atomic E-state index is 14.5. The molecule has 3 aromatic carbocycles. The van der Waals surface area contributed by atoms with E-state index in [0.717, 1.165) is 55.6 Å². The molecule has 0 saturated heterocycles. The van der Waals surface area contributed by atoms with Gasteiger partial charge in [-0.3, -0.25) is 10.1 Å². The molecule has 0 bridgehead atoms. The quantitative estimate of drug-likeness (QED) is 0.318. The summed E-state index contributed by atoms with van der Waals surface area (Å²) in [5.41, 5.74) is 8.17. The fourth-order valence-corrected chi connectivity index (χ4v) is 4.43. The summed E-state index contributed by atoms with van der Waals surface area (Å²) >= 11 is 0. The number of benzene rings is 3.